The van der Waals surface area contributed by atoms with Crippen molar-refractivity contribution >= 4 is 35.5 Å². The maximum atomic E-state index is 10.6. The van der Waals surface area contributed by atoms with Gasteiger partial charge in [0.1, 0.15) is 6.61 Å². The number of hydrogen-bond donors (Lipinski definition) is 1. The summed E-state index contributed by atoms with van der Waals surface area (Å²) >= 11 is 0. The van der Waals surface area contributed by atoms with E-state index in [1.165, 1.54) is 90.4 Å². The summed E-state index contributed by atoms with van der Waals surface area (Å²) in [6.45, 7) is 3.79. The van der Waals surface area contributed by atoms with E-state index in [1.807, 2.05) is 0 Å². The number of ether oxygens (including phenoxy) is 1. The Hall–Kier alpha value is 0.430. The van der Waals surface area contributed by atoms with Crippen molar-refractivity contribution in [2.75, 3.05) is 6.61 Å². The van der Waals surface area contributed by atoms with Crippen molar-refractivity contribution in [3.63, 3.8) is 0 Å². The van der Waals surface area contributed by atoms with Crippen molar-refractivity contribution in [3.8, 4) is 0 Å². The Morgan fingerprint density at radius 1 is 0.792 bits per heavy atom. The van der Waals surface area contributed by atoms with Gasteiger partial charge in [-0.2, -0.15) is 0 Å². The Morgan fingerprint density at radius 2 is 1.17 bits per heavy atom. The molecule has 4 heteroatoms. The predicted molar refractivity (Wildman–Crippen MR) is 105 cm³/mol. The Balaban J connectivity index is 0. The van der Waals surface area contributed by atoms with Crippen LogP contribution in [0.5, 0.6) is 0 Å². The van der Waals surface area contributed by atoms with E-state index in [1.54, 1.807) is 0 Å². The van der Waals surface area contributed by atoms with Gasteiger partial charge in [0.05, 0.1) is 6.10 Å². The Kier molecular flexibility index (Phi) is 23.8. The van der Waals surface area contributed by atoms with E-state index in [0.29, 0.717) is 0 Å². The van der Waals surface area contributed by atoms with Gasteiger partial charge in [-0.1, -0.05) is 96.8 Å². The standard InChI is InChI=1S/C20H40O3.Na.H/c1-3-4-5-6-7-8-9-10-11-12-13-14-15-16-17-20(22)18-23-19(2)21;;/h20,22H,3-18H2,1-2H3;;. The summed E-state index contributed by atoms with van der Waals surface area (Å²) in [6, 6.07) is 0. The number of aliphatic hydroxyl groups is 1. The molecule has 0 saturated carbocycles. The molecule has 0 fully saturated rings. The Labute approximate surface area is 172 Å². The molecule has 0 amide bonds. The van der Waals surface area contributed by atoms with Crippen LogP contribution in [0.3, 0.4) is 0 Å². The number of carbonyl (C=O) groups is 1. The van der Waals surface area contributed by atoms with Gasteiger partial charge in [-0.25, -0.2) is 0 Å². The number of rotatable bonds is 17. The van der Waals surface area contributed by atoms with Gasteiger partial charge in [-0.05, 0) is 6.42 Å². The van der Waals surface area contributed by atoms with Crippen LogP contribution in [0.15, 0.2) is 0 Å². The first kappa shape index (κ1) is 26.7. The van der Waals surface area contributed by atoms with E-state index in [4.69, 9.17) is 4.74 Å². The van der Waals surface area contributed by atoms with Gasteiger partial charge >= 0.3 is 35.5 Å². The summed E-state index contributed by atoms with van der Waals surface area (Å²) in [5.41, 5.74) is 0. The van der Waals surface area contributed by atoms with E-state index in [2.05, 4.69) is 6.92 Å². The molecule has 0 radical (unpaired) electrons. The van der Waals surface area contributed by atoms with E-state index in [0.717, 1.165) is 12.8 Å². The maximum absolute atomic E-state index is 10.6. The first-order valence-electron chi connectivity index (χ1n) is 9.98. The van der Waals surface area contributed by atoms with Gasteiger partial charge in [0.25, 0.3) is 0 Å². The third-order valence-corrected chi connectivity index (χ3v) is 4.37. The van der Waals surface area contributed by atoms with Crippen molar-refractivity contribution in [1.82, 2.24) is 0 Å². The van der Waals surface area contributed by atoms with E-state index >= 15 is 0 Å². The molecular formula is C20H41NaO3. The number of esters is 1. The average Bonchev–Trinajstić information content (AvgIpc) is 2.53. The first-order valence-corrected chi connectivity index (χ1v) is 9.98. The van der Waals surface area contributed by atoms with Gasteiger partial charge in [0.2, 0.25) is 0 Å². The summed E-state index contributed by atoms with van der Waals surface area (Å²) in [5.74, 6) is -0.315. The van der Waals surface area contributed by atoms with E-state index in [9.17, 15) is 9.90 Å². The first-order chi connectivity index (χ1) is 11.2. The predicted octanol–water partition coefficient (Wildman–Crippen LogP) is 5.13. The Morgan fingerprint density at radius 3 is 1.54 bits per heavy atom. The van der Waals surface area contributed by atoms with Crippen LogP contribution in [0.4, 0.5) is 0 Å². The van der Waals surface area contributed by atoms with Gasteiger partial charge in [0, 0.05) is 6.92 Å². The summed E-state index contributed by atoms with van der Waals surface area (Å²) in [6.07, 6.45) is 19.0. The molecule has 0 rings (SSSR count). The number of unbranched alkanes of at least 4 members (excludes halogenated alkanes) is 13. The molecule has 0 spiro atoms. The zero-order chi connectivity index (χ0) is 17.2. The molecule has 0 aromatic carbocycles. The van der Waals surface area contributed by atoms with Crippen molar-refractivity contribution in [3.05, 3.63) is 0 Å². The fraction of sp³-hybridized carbons (Fsp3) is 0.950. The fourth-order valence-corrected chi connectivity index (χ4v) is 2.87. The van der Waals surface area contributed by atoms with Crippen LogP contribution in [0, 0.1) is 0 Å². The average molecular weight is 353 g/mol. The minimum atomic E-state index is -0.490. The van der Waals surface area contributed by atoms with Crippen molar-refractivity contribution in [2.45, 2.75) is 116 Å². The number of carbonyl (C=O) groups excluding carboxylic acids is 1. The normalized spacial score (nSPS) is 11.8. The van der Waals surface area contributed by atoms with Crippen molar-refractivity contribution < 1.29 is 14.6 Å². The molecule has 3 nitrogen and oxygen atoms in total. The summed E-state index contributed by atoms with van der Waals surface area (Å²) < 4.78 is 4.78. The zero-order valence-corrected chi connectivity index (χ0v) is 15.7. The molecule has 1 atom stereocenters. The minimum absolute atomic E-state index is 0. The van der Waals surface area contributed by atoms with E-state index < -0.39 is 6.10 Å². The summed E-state index contributed by atoms with van der Waals surface area (Å²) in [5, 5.41) is 9.61. The van der Waals surface area contributed by atoms with Gasteiger partial charge < -0.3 is 9.84 Å². The monoisotopic (exact) mass is 352 g/mol. The molecule has 140 valence electrons. The number of aliphatic hydroxyl groups excluding tert-OH is 1. The summed E-state index contributed by atoms with van der Waals surface area (Å²) in [4.78, 5) is 10.6. The molecule has 0 bridgehead atoms. The number of hydrogen-bond acceptors (Lipinski definition) is 3. The third-order valence-electron chi connectivity index (χ3n) is 4.37. The van der Waals surface area contributed by atoms with Crippen LogP contribution in [0.25, 0.3) is 0 Å². The summed E-state index contributed by atoms with van der Waals surface area (Å²) in [7, 11) is 0. The van der Waals surface area contributed by atoms with Gasteiger partial charge in [0.15, 0.2) is 0 Å². The van der Waals surface area contributed by atoms with Crippen LogP contribution in [0.1, 0.15) is 110 Å². The molecule has 0 saturated heterocycles. The SMILES string of the molecule is CCCCCCCCCCCCCCCCC(O)COC(C)=O.[NaH]. The Bertz CT molecular complexity index is 259. The van der Waals surface area contributed by atoms with Gasteiger partial charge in [-0.3, -0.25) is 4.79 Å². The van der Waals surface area contributed by atoms with Crippen LogP contribution >= 0.6 is 0 Å². The fourth-order valence-electron chi connectivity index (χ4n) is 2.87. The molecule has 0 aliphatic heterocycles. The topological polar surface area (TPSA) is 46.5 Å². The molecular weight excluding hydrogens is 311 g/mol. The molecule has 24 heavy (non-hydrogen) atoms. The second-order valence-corrected chi connectivity index (χ2v) is 6.84. The molecule has 1 N–H and O–H groups in total. The molecule has 1 unspecified atom stereocenters. The van der Waals surface area contributed by atoms with Crippen LogP contribution in [0.2, 0.25) is 0 Å². The van der Waals surface area contributed by atoms with Crippen molar-refractivity contribution in [1.29, 1.82) is 0 Å². The molecule has 0 aliphatic rings. The molecule has 0 aromatic rings. The third kappa shape index (κ3) is 22.4. The van der Waals surface area contributed by atoms with Crippen LogP contribution in [-0.4, -0.2) is 53.3 Å². The van der Waals surface area contributed by atoms with Gasteiger partial charge in [-0.15, -0.1) is 0 Å². The second-order valence-electron chi connectivity index (χ2n) is 6.84. The zero-order valence-electron chi connectivity index (χ0n) is 15.7. The molecule has 0 aliphatic carbocycles. The molecule has 0 aromatic heterocycles. The van der Waals surface area contributed by atoms with E-state index in [-0.39, 0.29) is 42.1 Å². The second kappa shape index (κ2) is 21.5. The van der Waals surface area contributed by atoms with Crippen LogP contribution in [-0.2, 0) is 9.53 Å². The molecule has 0 heterocycles. The van der Waals surface area contributed by atoms with Crippen LogP contribution < -0.4 is 0 Å². The quantitative estimate of drug-likeness (QED) is 0.224. The van der Waals surface area contributed by atoms with Crippen molar-refractivity contribution in [2.24, 2.45) is 0 Å².